The summed E-state index contributed by atoms with van der Waals surface area (Å²) in [5.41, 5.74) is 1.12. The average Bonchev–Trinajstić information content (AvgIpc) is 2.68. The molecule has 6 nitrogen and oxygen atoms in total. The van der Waals surface area contributed by atoms with E-state index in [9.17, 15) is 0 Å². The Hall–Kier alpha value is -1.40. The minimum absolute atomic E-state index is 0.434. The van der Waals surface area contributed by atoms with Gasteiger partial charge in [-0.2, -0.15) is 4.98 Å². The summed E-state index contributed by atoms with van der Waals surface area (Å²) in [6.07, 6.45) is 7.51. The fourth-order valence-electron chi connectivity index (χ4n) is 3.97. The Labute approximate surface area is 158 Å². The highest BCUT2D eigenvalue weighted by Gasteiger charge is 2.26. The summed E-state index contributed by atoms with van der Waals surface area (Å²) in [4.78, 5) is 16.3. The van der Waals surface area contributed by atoms with Crippen molar-refractivity contribution in [2.24, 2.45) is 0 Å². The van der Waals surface area contributed by atoms with Crippen molar-refractivity contribution < 1.29 is 4.74 Å². The molecule has 1 aromatic rings. The molecule has 6 heteroatoms. The molecule has 2 saturated heterocycles. The van der Waals surface area contributed by atoms with E-state index in [1.54, 1.807) is 0 Å². The minimum Gasteiger partial charge on any atom is -0.377 e. The predicted molar refractivity (Wildman–Crippen MR) is 107 cm³/mol. The molecule has 1 atom stereocenters. The van der Waals surface area contributed by atoms with Gasteiger partial charge in [-0.3, -0.25) is 0 Å². The van der Waals surface area contributed by atoms with Gasteiger partial charge in [0.2, 0.25) is 5.95 Å². The summed E-state index contributed by atoms with van der Waals surface area (Å²) in [6, 6.07) is 2.81. The van der Waals surface area contributed by atoms with E-state index in [1.807, 2.05) is 19.0 Å². The van der Waals surface area contributed by atoms with Crippen LogP contribution in [0.1, 0.15) is 44.7 Å². The zero-order valence-corrected chi connectivity index (χ0v) is 16.9. The molecule has 1 aromatic heterocycles. The van der Waals surface area contributed by atoms with Gasteiger partial charge in [-0.05, 0) is 45.6 Å². The van der Waals surface area contributed by atoms with Gasteiger partial charge in [0, 0.05) is 58.1 Å². The number of hydrogen-bond acceptors (Lipinski definition) is 6. The van der Waals surface area contributed by atoms with Gasteiger partial charge < -0.3 is 19.4 Å². The van der Waals surface area contributed by atoms with Gasteiger partial charge in [-0.25, -0.2) is 4.98 Å². The molecule has 2 aliphatic heterocycles. The topological polar surface area (TPSA) is 44.7 Å². The number of ether oxygens (including phenoxy) is 1. The van der Waals surface area contributed by atoms with Gasteiger partial charge in [0.25, 0.3) is 0 Å². The Morgan fingerprint density at radius 3 is 2.50 bits per heavy atom. The van der Waals surface area contributed by atoms with E-state index in [0.29, 0.717) is 12.1 Å². The summed E-state index contributed by atoms with van der Waals surface area (Å²) in [7, 11) is 6.28. The molecular formula is C20H35N5O. The van der Waals surface area contributed by atoms with Crippen LogP contribution in [0.3, 0.4) is 0 Å². The van der Waals surface area contributed by atoms with Crippen molar-refractivity contribution in [3.8, 4) is 0 Å². The Morgan fingerprint density at radius 2 is 1.88 bits per heavy atom. The molecule has 2 fully saturated rings. The summed E-state index contributed by atoms with van der Waals surface area (Å²) in [5, 5.41) is 0. The molecule has 0 aliphatic carbocycles. The van der Waals surface area contributed by atoms with Crippen LogP contribution < -0.4 is 9.80 Å². The van der Waals surface area contributed by atoms with Crippen molar-refractivity contribution in [1.82, 2.24) is 14.9 Å². The lowest BCUT2D eigenvalue weighted by Crippen LogP contribution is -2.46. The van der Waals surface area contributed by atoms with Crippen LogP contribution in [0.15, 0.2) is 6.07 Å². The third kappa shape index (κ3) is 4.86. The second-order valence-corrected chi connectivity index (χ2v) is 7.91. The number of piperidine rings is 1. The van der Waals surface area contributed by atoms with Gasteiger partial charge >= 0.3 is 0 Å². The molecule has 0 spiro atoms. The molecule has 0 amide bonds. The lowest BCUT2D eigenvalue weighted by molar-refractivity contribution is -0.00985. The number of aryl methyl sites for hydroxylation is 1. The lowest BCUT2D eigenvalue weighted by Gasteiger charge is -2.39. The third-order valence-corrected chi connectivity index (χ3v) is 5.69. The Morgan fingerprint density at radius 1 is 1.12 bits per heavy atom. The van der Waals surface area contributed by atoms with Crippen LogP contribution in [0, 0.1) is 0 Å². The first-order valence-corrected chi connectivity index (χ1v) is 10.2. The van der Waals surface area contributed by atoms with Gasteiger partial charge in [-0.1, -0.05) is 6.92 Å². The second-order valence-electron chi connectivity index (χ2n) is 7.91. The smallest absolute Gasteiger partial charge is 0.227 e. The van der Waals surface area contributed by atoms with Crippen LogP contribution in [0.25, 0.3) is 0 Å². The highest BCUT2D eigenvalue weighted by Crippen LogP contribution is 2.24. The van der Waals surface area contributed by atoms with E-state index in [2.05, 4.69) is 34.8 Å². The van der Waals surface area contributed by atoms with Crippen LogP contribution >= 0.6 is 0 Å². The zero-order valence-electron chi connectivity index (χ0n) is 16.9. The number of hydrogen-bond donors (Lipinski definition) is 0. The van der Waals surface area contributed by atoms with Gasteiger partial charge in [0.15, 0.2) is 0 Å². The molecule has 0 radical (unpaired) electrons. The van der Waals surface area contributed by atoms with Crippen LogP contribution in [0.4, 0.5) is 11.8 Å². The molecule has 0 bridgehead atoms. The summed E-state index contributed by atoms with van der Waals surface area (Å²) in [5.74, 6) is 1.89. The number of aromatic nitrogens is 2. The largest absolute Gasteiger partial charge is 0.377 e. The van der Waals surface area contributed by atoms with E-state index >= 15 is 0 Å². The fraction of sp³-hybridized carbons (Fsp3) is 0.800. The minimum atomic E-state index is 0.434. The van der Waals surface area contributed by atoms with Crippen LogP contribution in [-0.4, -0.2) is 74.4 Å². The monoisotopic (exact) mass is 361 g/mol. The Balaban J connectivity index is 1.57. The van der Waals surface area contributed by atoms with Crippen LogP contribution in [0.5, 0.6) is 0 Å². The molecule has 0 N–H and O–H groups in total. The molecule has 0 saturated carbocycles. The highest BCUT2D eigenvalue weighted by molar-refractivity contribution is 5.46. The number of rotatable bonds is 6. The Kier molecular flexibility index (Phi) is 6.70. The normalized spacial score (nSPS) is 22.0. The van der Waals surface area contributed by atoms with Crippen molar-refractivity contribution in [3.05, 3.63) is 11.8 Å². The quantitative estimate of drug-likeness (QED) is 0.776. The lowest BCUT2D eigenvalue weighted by atomic mass is 10.0. The van der Waals surface area contributed by atoms with Gasteiger partial charge in [-0.15, -0.1) is 0 Å². The van der Waals surface area contributed by atoms with Crippen LogP contribution in [0.2, 0.25) is 0 Å². The highest BCUT2D eigenvalue weighted by atomic mass is 16.5. The molecular weight excluding hydrogens is 326 g/mol. The molecule has 2 aliphatic rings. The SMILES string of the molecule is CCc1cc(N2CCC(N(C)CC3CCCCO3)CC2)nc(N(C)C)n1. The van der Waals surface area contributed by atoms with Gasteiger partial charge in [0.1, 0.15) is 5.82 Å². The van der Waals surface area contributed by atoms with Crippen molar-refractivity contribution in [3.63, 3.8) is 0 Å². The first-order valence-electron chi connectivity index (χ1n) is 10.2. The average molecular weight is 362 g/mol. The number of nitrogens with zero attached hydrogens (tertiary/aromatic N) is 5. The molecule has 146 valence electrons. The summed E-state index contributed by atoms with van der Waals surface area (Å²) in [6.45, 7) is 6.29. The van der Waals surface area contributed by atoms with E-state index in [1.165, 1.54) is 32.1 Å². The van der Waals surface area contributed by atoms with Crippen molar-refractivity contribution in [2.75, 3.05) is 57.2 Å². The molecule has 0 aromatic carbocycles. The molecule has 3 heterocycles. The van der Waals surface area contributed by atoms with Crippen LogP contribution in [-0.2, 0) is 11.2 Å². The summed E-state index contributed by atoms with van der Waals surface area (Å²) < 4.78 is 5.92. The van der Waals surface area contributed by atoms with E-state index in [-0.39, 0.29) is 0 Å². The van der Waals surface area contributed by atoms with Gasteiger partial charge in [0.05, 0.1) is 6.10 Å². The number of anilines is 2. The maximum absolute atomic E-state index is 5.92. The Bertz CT molecular complexity index is 565. The fourth-order valence-corrected chi connectivity index (χ4v) is 3.97. The van der Waals surface area contributed by atoms with Crippen molar-refractivity contribution in [2.45, 2.75) is 57.6 Å². The maximum Gasteiger partial charge on any atom is 0.227 e. The van der Waals surface area contributed by atoms with Crippen molar-refractivity contribution in [1.29, 1.82) is 0 Å². The molecule has 26 heavy (non-hydrogen) atoms. The first-order chi connectivity index (χ1) is 12.6. The third-order valence-electron chi connectivity index (χ3n) is 5.69. The standard InChI is InChI=1S/C20H35N5O/c1-5-16-14-19(22-20(21-16)23(2)3)25-11-9-17(10-12-25)24(4)15-18-8-6-7-13-26-18/h14,17-18H,5-13,15H2,1-4H3. The van der Waals surface area contributed by atoms with E-state index < -0.39 is 0 Å². The predicted octanol–water partition coefficient (Wildman–Crippen LogP) is 2.57. The maximum atomic E-state index is 5.92. The zero-order chi connectivity index (χ0) is 18.5. The van der Waals surface area contributed by atoms with E-state index in [0.717, 1.165) is 50.1 Å². The number of likely N-dealkylation sites (N-methyl/N-ethyl adjacent to an activating group) is 1. The molecule has 3 rings (SSSR count). The first kappa shape index (κ1) is 19.4. The summed E-state index contributed by atoms with van der Waals surface area (Å²) >= 11 is 0. The van der Waals surface area contributed by atoms with Crippen molar-refractivity contribution >= 4 is 11.8 Å². The molecule has 1 unspecified atom stereocenters. The second kappa shape index (κ2) is 9.00. The van der Waals surface area contributed by atoms with E-state index in [4.69, 9.17) is 9.72 Å².